The molecule has 4 rings (SSSR count). The molecule has 1 aromatic heterocycles. The minimum Gasteiger partial charge on any atom is -0.334 e. The zero-order chi connectivity index (χ0) is 17.2. The third kappa shape index (κ3) is 3.67. The fraction of sp³-hybridized carbons (Fsp3) is 0.158. The number of nitrogens with one attached hydrogen (secondary N) is 2. The minimum absolute atomic E-state index is 0.134. The van der Waals surface area contributed by atoms with Crippen LogP contribution in [0, 0.1) is 0 Å². The van der Waals surface area contributed by atoms with Crippen LogP contribution in [0.2, 0.25) is 5.02 Å². The number of hydrogen-bond acceptors (Lipinski definition) is 2. The summed E-state index contributed by atoms with van der Waals surface area (Å²) in [5.74, 6) is 0.840. The Morgan fingerprint density at radius 3 is 2.76 bits per heavy atom. The van der Waals surface area contributed by atoms with Crippen molar-refractivity contribution in [1.82, 2.24) is 15.1 Å². The number of nitrogens with zero attached hydrogens (tertiary/aromatic N) is 2. The van der Waals surface area contributed by atoms with Gasteiger partial charge in [-0.25, -0.2) is 9.48 Å². The molecule has 6 heteroatoms. The molecule has 2 aromatic carbocycles. The predicted molar refractivity (Wildman–Crippen MR) is 98.3 cm³/mol. The quantitative estimate of drug-likeness (QED) is 0.739. The van der Waals surface area contributed by atoms with Crippen molar-refractivity contribution in [3.8, 4) is 5.69 Å². The molecule has 1 aliphatic carbocycles. The van der Waals surface area contributed by atoms with Crippen molar-refractivity contribution in [2.24, 2.45) is 0 Å². The summed E-state index contributed by atoms with van der Waals surface area (Å²) >= 11 is 6.02. The number of rotatable bonds is 4. The van der Waals surface area contributed by atoms with Gasteiger partial charge in [-0.15, -0.1) is 5.10 Å². The maximum absolute atomic E-state index is 12.2. The lowest BCUT2D eigenvalue weighted by molar-refractivity contribution is 0.251. The van der Waals surface area contributed by atoms with E-state index in [0.717, 1.165) is 22.7 Å². The summed E-state index contributed by atoms with van der Waals surface area (Å²) in [6.45, 7) is 0. The molecule has 2 amide bonds. The van der Waals surface area contributed by atoms with Crippen molar-refractivity contribution in [1.29, 1.82) is 0 Å². The number of carbonyl (C=O) groups excluding carboxylic acids is 1. The molecule has 126 valence electrons. The van der Waals surface area contributed by atoms with E-state index in [1.165, 1.54) is 0 Å². The van der Waals surface area contributed by atoms with Gasteiger partial charge in [0.15, 0.2) is 5.82 Å². The number of halogens is 1. The topological polar surface area (TPSA) is 59.0 Å². The number of benzene rings is 2. The Labute approximate surface area is 150 Å². The van der Waals surface area contributed by atoms with Gasteiger partial charge >= 0.3 is 6.03 Å². The summed E-state index contributed by atoms with van der Waals surface area (Å²) in [5, 5.41) is 10.8. The summed E-state index contributed by atoms with van der Waals surface area (Å²) in [5.41, 5.74) is 2.10. The number of amides is 2. The first-order valence-electron chi connectivity index (χ1n) is 8.13. The molecule has 1 heterocycles. The van der Waals surface area contributed by atoms with E-state index in [4.69, 9.17) is 11.6 Å². The molecule has 1 fully saturated rings. The van der Waals surface area contributed by atoms with E-state index < -0.39 is 0 Å². The normalized spacial score (nSPS) is 18.6. The third-order valence-corrected chi connectivity index (χ3v) is 4.47. The maximum atomic E-state index is 12.2. The van der Waals surface area contributed by atoms with Gasteiger partial charge in [-0.3, -0.25) is 5.32 Å². The molecule has 0 unspecified atom stereocenters. The first-order valence-corrected chi connectivity index (χ1v) is 8.51. The lowest BCUT2D eigenvalue weighted by Gasteiger charge is -2.06. The van der Waals surface area contributed by atoms with E-state index in [0.29, 0.717) is 11.7 Å². The smallest absolute Gasteiger partial charge is 0.320 e. The van der Waals surface area contributed by atoms with Gasteiger partial charge in [-0.05, 0) is 36.2 Å². The van der Waals surface area contributed by atoms with Gasteiger partial charge in [-0.1, -0.05) is 41.9 Å². The number of anilines is 1. The summed E-state index contributed by atoms with van der Waals surface area (Å²) in [6, 6.07) is 19.2. The average molecular weight is 353 g/mol. The van der Waals surface area contributed by atoms with Crippen molar-refractivity contribution in [3.05, 3.63) is 77.4 Å². The molecule has 0 aliphatic heterocycles. The largest absolute Gasteiger partial charge is 0.334 e. The number of urea groups is 1. The van der Waals surface area contributed by atoms with Gasteiger partial charge in [0, 0.05) is 29.2 Å². The van der Waals surface area contributed by atoms with Crippen LogP contribution in [0.3, 0.4) is 0 Å². The highest BCUT2D eigenvalue weighted by Gasteiger charge is 2.39. The molecule has 25 heavy (non-hydrogen) atoms. The van der Waals surface area contributed by atoms with Gasteiger partial charge < -0.3 is 5.32 Å². The van der Waals surface area contributed by atoms with Crippen LogP contribution in [0.15, 0.2) is 66.9 Å². The molecule has 0 radical (unpaired) electrons. The zero-order valence-corrected chi connectivity index (χ0v) is 14.1. The van der Waals surface area contributed by atoms with Gasteiger partial charge in [0.25, 0.3) is 0 Å². The lowest BCUT2D eigenvalue weighted by atomic mass is 10.1. The Hall–Kier alpha value is -2.79. The average Bonchev–Trinajstić information content (AvgIpc) is 3.22. The predicted octanol–water partition coefficient (Wildman–Crippen LogP) is 4.20. The number of carbonyl (C=O) groups is 1. The fourth-order valence-electron chi connectivity index (χ4n) is 2.90. The van der Waals surface area contributed by atoms with E-state index in [1.54, 1.807) is 10.7 Å². The lowest BCUT2D eigenvalue weighted by Crippen LogP contribution is -2.31. The van der Waals surface area contributed by atoms with Crippen LogP contribution in [-0.2, 0) is 0 Å². The molecule has 0 bridgehead atoms. The molecule has 0 spiro atoms. The molecular formula is C19H17ClN4O. The van der Waals surface area contributed by atoms with E-state index in [1.807, 2.05) is 60.8 Å². The Morgan fingerprint density at radius 2 is 1.96 bits per heavy atom. The Morgan fingerprint density at radius 1 is 1.12 bits per heavy atom. The van der Waals surface area contributed by atoms with Crippen molar-refractivity contribution < 1.29 is 4.79 Å². The van der Waals surface area contributed by atoms with Crippen LogP contribution in [0.25, 0.3) is 5.69 Å². The Balaban J connectivity index is 1.34. The number of aromatic nitrogens is 2. The standard InChI is InChI=1S/C19H17ClN4O/c20-14-6-4-5-13(11-14)16-12-17(16)21-19(25)22-18-9-10-24(23-18)15-7-2-1-3-8-15/h1-11,16-17H,12H2,(H2,21,22,23,25)/t16-,17+/m0/s1. The molecule has 0 saturated heterocycles. The molecule has 5 nitrogen and oxygen atoms in total. The van der Waals surface area contributed by atoms with Crippen molar-refractivity contribution in [2.45, 2.75) is 18.4 Å². The highest BCUT2D eigenvalue weighted by molar-refractivity contribution is 6.30. The third-order valence-electron chi connectivity index (χ3n) is 4.24. The summed E-state index contributed by atoms with van der Waals surface area (Å²) in [4.78, 5) is 12.2. The number of para-hydroxylation sites is 1. The van der Waals surface area contributed by atoms with Crippen molar-refractivity contribution >= 4 is 23.4 Å². The van der Waals surface area contributed by atoms with Gasteiger partial charge in [0.1, 0.15) is 0 Å². The highest BCUT2D eigenvalue weighted by Crippen LogP contribution is 2.41. The Kier molecular flexibility index (Phi) is 4.15. The SMILES string of the molecule is O=C(Nc1ccn(-c2ccccc2)n1)N[C@@H]1C[C@H]1c1cccc(Cl)c1. The Bertz CT molecular complexity index is 893. The number of hydrogen-bond donors (Lipinski definition) is 2. The summed E-state index contributed by atoms with van der Waals surface area (Å²) in [7, 11) is 0. The fourth-order valence-corrected chi connectivity index (χ4v) is 3.09. The van der Waals surface area contributed by atoms with Crippen molar-refractivity contribution in [2.75, 3.05) is 5.32 Å². The van der Waals surface area contributed by atoms with Crippen LogP contribution in [0.5, 0.6) is 0 Å². The van der Waals surface area contributed by atoms with Gasteiger partial charge in [0.2, 0.25) is 0 Å². The zero-order valence-electron chi connectivity index (χ0n) is 13.4. The van der Waals surface area contributed by atoms with Crippen LogP contribution < -0.4 is 10.6 Å². The second-order valence-electron chi connectivity index (χ2n) is 6.08. The maximum Gasteiger partial charge on any atom is 0.320 e. The second kappa shape index (κ2) is 6.61. The minimum atomic E-state index is -0.243. The van der Waals surface area contributed by atoms with Gasteiger partial charge in [0.05, 0.1) is 5.69 Å². The van der Waals surface area contributed by atoms with E-state index in [-0.39, 0.29) is 12.1 Å². The monoisotopic (exact) mass is 352 g/mol. The van der Waals surface area contributed by atoms with Crippen LogP contribution >= 0.6 is 11.6 Å². The first-order chi connectivity index (χ1) is 12.2. The van der Waals surface area contributed by atoms with E-state index in [2.05, 4.69) is 15.7 Å². The molecular weight excluding hydrogens is 336 g/mol. The summed E-state index contributed by atoms with van der Waals surface area (Å²) < 4.78 is 1.72. The van der Waals surface area contributed by atoms with E-state index in [9.17, 15) is 4.79 Å². The summed E-state index contributed by atoms with van der Waals surface area (Å²) in [6.07, 6.45) is 2.74. The van der Waals surface area contributed by atoms with Gasteiger partial charge in [-0.2, -0.15) is 0 Å². The molecule has 2 atom stereocenters. The molecule has 1 saturated carbocycles. The molecule has 2 N–H and O–H groups in total. The molecule has 3 aromatic rings. The van der Waals surface area contributed by atoms with E-state index >= 15 is 0 Å². The molecule has 1 aliphatic rings. The van der Waals surface area contributed by atoms with Crippen molar-refractivity contribution in [3.63, 3.8) is 0 Å². The van der Waals surface area contributed by atoms with Crippen LogP contribution in [-0.4, -0.2) is 21.9 Å². The van der Waals surface area contributed by atoms with Crippen LogP contribution in [0.1, 0.15) is 17.9 Å². The van der Waals surface area contributed by atoms with Crippen LogP contribution in [0.4, 0.5) is 10.6 Å². The highest BCUT2D eigenvalue weighted by atomic mass is 35.5. The second-order valence-corrected chi connectivity index (χ2v) is 6.52. The first kappa shape index (κ1) is 15.7.